The lowest BCUT2D eigenvalue weighted by atomic mass is 10.3. The van der Waals surface area contributed by atoms with Crippen LogP contribution in [0.3, 0.4) is 0 Å². The second-order valence-electron chi connectivity index (χ2n) is 3.66. The molecule has 76 valence electrons. The Kier molecular flexibility index (Phi) is 2.19. The van der Waals surface area contributed by atoms with Gasteiger partial charge < -0.3 is 14.3 Å². The second kappa shape index (κ2) is 3.36. The van der Waals surface area contributed by atoms with Gasteiger partial charge in [-0.3, -0.25) is 0 Å². The number of rotatable bonds is 4. The molecule has 1 aliphatic carbocycles. The molecule has 1 aliphatic rings. The molecule has 0 saturated heterocycles. The molecule has 1 aromatic rings. The van der Waals surface area contributed by atoms with E-state index in [9.17, 15) is 4.79 Å². The quantitative estimate of drug-likeness (QED) is 0.798. The molecule has 1 saturated carbocycles. The number of aliphatic carboxylic acids is 1. The maximum Gasteiger partial charge on any atom is 0.341 e. The van der Waals surface area contributed by atoms with Crippen LogP contribution in [0.4, 0.5) is 0 Å². The molecule has 14 heavy (non-hydrogen) atoms. The molecule has 0 amide bonds. The van der Waals surface area contributed by atoms with Crippen molar-refractivity contribution in [1.29, 1.82) is 0 Å². The summed E-state index contributed by atoms with van der Waals surface area (Å²) in [6, 6.07) is 3.52. The van der Waals surface area contributed by atoms with E-state index in [1.807, 2.05) is 6.07 Å². The standard InChI is InChI=1S/C10H12O4/c1-6-4-7(6)8-2-3-10(14-8)13-5-9(11)12/h2-3,6-7H,4-5H2,1H3,(H,11,12). The second-order valence-corrected chi connectivity index (χ2v) is 3.66. The van der Waals surface area contributed by atoms with Crippen molar-refractivity contribution in [3.05, 3.63) is 17.9 Å². The Morgan fingerprint density at radius 3 is 3.00 bits per heavy atom. The monoisotopic (exact) mass is 196 g/mol. The maximum atomic E-state index is 10.2. The van der Waals surface area contributed by atoms with E-state index in [4.69, 9.17) is 14.3 Å². The lowest BCUT2D eigenvalue weighted by Gasteiger charge is -1.97. The first-order valence-electron chi connectivity index (χ1n) is 4.61. The van der Waals surface area contributed by atoms with Crippen molar-refractivity contribution in [3.8, 4) is 5.95 Å². The first kappa shape index (κ1) is 9.12. The highest BCUT2D eigenvalue weighted by atomic mass is 16.6. The first-order chi connectivity index (χ1) is 6.66. The van der Waals surface area contributed by atoms with Crippen molar-refractivity contribution in [2.75, 3.05) is 6.61 Å². The van der Waals surface area contributed by atoms with Crippen LogP contribution in [-0.4, -0.2) is 17.7 Å². The summed E-state index contributed by atoms with van der Waals surface area (Å²) in [6.07, 6.45) is 1.14. The topological polar surface area (TPSA) is 59.7 Å². The highest BCUT2D eigenvalue weighted by molar-refractivity contribution is 5.68. The van der Waals surface area contributed by atoms with Gasteiger partial charge in [0.25, 0.3) is 5.95 Å². The van der Waals surface area contributed by atoms with E-state index >= 15 is 0 Å². The van der Waals surface area contributed by atoms with Crippen LogP contribution >= 0.6 is 0 Å². The molecule has 4 heteroatoms. The first-order valence-corrected chi connectivity index (χ1v) is 4.61. The molecule has 2 atom stereocenters. The van der Waals surface area contributed by atoms with Gasteiger partial charge in [-0.05, 0) is 18.4 Å². The molecule has 0 spiro atoms. The third-order valence-electron chi connectivity index (χ3n) is 2.41. The highest BCUT2D eigenvalue weighted by Crippen LogP contribution is 2.47. The Morgan fingerprint density at radius 2 is 2.43 bits per heavy atom. The van der Waals surface area contributed by atoms with E-state index in [1.54, 1.807) is 6.07 Å². The molecular weight excluding hydrogens is 184 g/mol. The van der Waals surface area contributed by atoms with Gasteiger partial charge in [0.2, 0.25) is 0 Å². The van der Waals surface area contributed by atoms with Gasteiger partial charge in [-0.25, -0.2) is 4.79 Å². The van der Waals surface area contributed by atoms with Crippen molar-refractivity contribution in [3.63, 3.8) is 0 Å². The number of hydrogen-bond donors (Lipinski definition) is 1. The average Bonchev–Trinajstić information content (AvgIpc) is 2.68. The molecular formula is C10H12O4. The largest absolute Gasteiger partial charge is 0.479 e. The van der Waals surface area contributed by atoms with Crippen LogP contribution in [0.15, 0.2) is 16.5 Å². The van der Waals surface area contributed by atoms with Crippen LogP contribution in [-0.2, 0) is 4.79 Å². The summed E-state index contributed by atoms with van der Waals surface area (Å²) in [5.74, 6) is 1.37. The molecule has 0 radical (unpaired) electrons. The van der Waals surface area contributed by atoms with Gasteiger partial charge in [-0.1, -0.05) is 6.92 Å². The minimum Gasteiger partial charge on any atom is -0.479 e. The molecule has 4 nitrogen and oxygen atoms in total. The van der Waals surface area contributed by atoms with Crippen molar-refractivity contribution in [2.24, 2.45) is 5.92 Å². The summed E-state index contributed by atoms with van der Waals surface area (Å²) in [5.41, 5.74) is 0. The summed E-state index contributed by atoms with van der Waals surface area (Å²) >= 11 is 0. The molecule has 0 bridgehead atoms. The minimum atomic E-state index is -0.997. The lowest BCUT2D eigenvalue weighted by molar-refractivity contribution is -0.139. The summed E-state index contributed by atoms with van der Waals surface area (Å²) in [7, 11) is 0. The van der Waals surface area contributed by atoms with E-state index in [-0.39, 0.29) is 6.61 Å². The summed E-state index contributed by atoms with van der Waals surface area (Å²) in [4.78, 5) is 10.2. The molecule has 1 heterocycles. The van der Waals surface area contributed by atoms with Gasteiger partial charge in [-0.2, -0.15) is 0 Å². The van der Waals surface area contributed by atoms with Crippen molar-refractivity contribution in [1.82, 2.24) is 0 Å². The molecule has 2 rings (SSSR count). The van der Waals surface area contributed by atoms with E-state index in [2.05, 4.69) is 6.92 Å². The Morgan fingerprint density at radius 1 is 1.71 bits per heavy atom. The fraction of sp³-hybridized carbons (Fsp3) is 0.500. The van der Waals surface area contributed by atoms with E-state index in [1.165, 1.54) is 0 Å². The predicted molar refractivity (Wildman–Crippen MR) is 48.4 cm³/mol. The van der Waals surface area contributed by atoms with Gasteiger partial charge in [0.15, 0.2) is 6.61 Å². The number of carboxylic acid groups (broad SMARTS) is 1. The average molecular weight is 196 g/mol. The van der Waals surface area contributed by atoms with Crippen molar-refractivity contribution >= 4 is 5.97 Å². The van der Waals surface area contributed by atoms with Crippen molar-refractivity contribution < 1.29 is 19.1 Å². The fourth-order valence-electron chi connectivity index (χ4n) is 1.46. The van der Waals surface area contributed by atoms with Crippen LogP contribution in [0.5, 0.6) is 5.95 Å². The third kappa shape index (κ3) is 1.89. The summed E-state index contributed by atoms with van der Waals surface area (Å²) < 4.78 is 10.2. The zero-order valence-corrected chi connectivity index (χ0v) is 7.90. The van der Waals surface area contributed by atoms with Crippen LogP contribution in [0.25, 0.3) is 0 Å². The van der Waals surface area contributed by atoms with E-state index in [0.717, 1.165) is 12.2 Å². The van der Waals surface area contributed by atoms with Crippen LogP contribution < -0.4 is 4.74 Å². The van der Waals surface area contributed by atoms with E-state index < -0.39 is 5.97 Å². The van der Waals surface area contributed by atoms with Gasteiger partial charge in [0.1, 0.15) is 5.76 Å². The number of carbonyl (C=O) groups is 1. The highest BCUT2D eigenvalue weighted by Gasteiger charge is 2.36. The zero-order chi connectivity index (χ0) is 10.1. The van der Waals surface area contributed by atoms with Crippen LogP contribution in [0.1, 0.15) is 25.0 Å². The lowest BCUT2D eigenvalue weighted by Crippen LogP contribution is -2.08. The smallest absolute Gasteiger partial charge is 0.341 e. The molecule has 0 aliphatic heterocycles. The van der Waals surface area contributed by atoms with Gasteiger partial charge in [0, 0.05) is 12.0 Å². The fourth-order valence-corrected chi connectivity index (χ4v) is 1.46. The maximum absolute atomic E-state index is 10.2. The number of carboxylic acids is 1. The molecule has 1 N–H and O–H groups in total. The Balaban J connectivity index is 1.93. The summed E-state index contributed by atoms with van der Waals surface area (Å²) in [5, 5.41) is 8.38. The normalized spacial score (nSPS) is 24.6. The molecule has 1 fully saturated rings. The summed E-state index contributed by atoms with van der Waals surface area (Å²) in [6.45, 7) is 1.80. The SMILES string of the molecule is CC1CC1c1ccc(OCC(=O)O)o1. The number of hydrogen-bond acceptors (Lipinski definition) is 3. The molecule has 1 aromatic heterocycles. The molecule has 2 unspecified atom stereocenters. The zero-order valence-electron chi connectivity index (χ0n) is 7.90. The number of ether oxygens (including phenoxy) is 1. The Hall–Kier alpha value is -1.45. The Bertz CT molecular complexity index is 342. The van der Waals surface area contributed by atoms with Crippen LogP contribution in [0, 0.1) is 5.92 Å². The number of furan rings is 1. The minimum absolute atomic E-state index is 0.293. The van der Waals surface area contributed by atoms with Crippen LogP contribution in [0.2, 0.25) is 0 Å². The van der Waals surface area contributed by atoms with Crippen molar-refractivity contribution in [2.45, 2.75) is 19.3 Å². The Labute approximate surface area is 81.5 Å². The predicted octanol–water partition coefficient (Wildman–Crippen LogP) is 1.87. The third-order valence-corrected chi connectivity index (χ3v) is 2.41. The van der Waals surface area contributed by atoms with Gasteiger partial charge >= 0.3 is 5.97 Å². The van der Waals surface area contributed by atoms with Gasteiger partial charge in [0.05, 0.1) is 0 Å². The molecule has 0 aromatic carbocycles. The van der Waals surface area contributed by atoms with Gasteiger partial charge in [-0.15, -0.1) is 0 Å². The van der Waals surface area contributed by atoms with E-state index in [0.29, 0.717) is 17.8 Å².